The number of carbonyl (C=O) groups excluding carboxylic acids is 1. The number of hydrogen-bond acceptors (Lipinski definition) is 3. The smallest absolute Gasteiger partial charge is 0.233 e. The van der Waals surface area contributed by atoms with Gasteiger partial charge in [0.1, 0.15) is 0 Å². The van der Waals surface area contributed by atoms with Crippen molar-refractivity contribution in [3.8, 4) is 0 Å². The van der Waals surface area contributed by atoms with E-state index in [9.17, 15) is 4.79 Å². The fourth-order valence-electron chi connectivity index (χ4n) is 3.08. The number of imidazole rings is 1. The molecule has 0 spiro atoms. The van der Waals surface area contributed by atoms with Gasteiger partial charge >= 0.3 is 0 Å². The van der Waals surface area contributed by atoms with Crippen LogP contribution in [0, 0.1) is 5.92 Å². The quantitative estimate of drug-likeness (QED) is 0.555. The lowest BCUT2D eigenvalue weighted by molar-refractivity contribution is -0.121. The van der Waals surface area contributed by atoms with Crippen LogP contribution in [0.2, 0.25) is 0 Å². The van der Waals surface area contributed by atoms with Gasteiger partial charge in [0, 0.05) is 18.8 Å². The highest BCUT2D eigenvalue weighted by molar-refractivity contribution is 7.99. The largest absolute Gasteiger partial charge is 0.355 e. The molecule has 1 N–H and O–H groups in total. The van der Waals surface area contributed by atoms with Crippen molar-refractivity contribution in [2.75, 3.05) is 6.54 Å². The van der Waals surface area contributed by atoms with Crippen molar-refractivity contribution in [3.05, 3.63) is 66.5 Å². The first-order valence-electron chi connectivity index (χ1n) is 9.48. The van der Waals surface area contributed by atoms with Crippen molar-refractivity contribution in [1.82, 2.24) is 14.9 Å². The number of amides is 1. The number of fused-ring (bicyclic) bond motifs is 1. The van der Waals surface area contributed by atoms with Crippen LogP contribution in [-0.2, 0) is 17.1 Å². The second-order valence-corrected chi connectivity index (χ2v) is 8.16. The summed E-state index contributed by atoms with van der Waals surface area (Å²) in [6.07, 6.45) is 2.76. The lowest BCUT2D eigenvalue weighted by atomic mass is 10.1. The monoisotopic (exact) mass is 381 g/mol. The standard InChI is InChI=1S/C22H27N3OS/c1-17(2)21(27-15-18-9-4-3-5-10-18)22(26)23-13-8-14-25-16-24-19-11-6-7-12-20(19)25/h3-7,9-12,16-17,21H,8,13-15H2,1-2H3,(H,23,26). The van der Waals surface area contributed by atoms with E-state index in [1.807, 2.05) is 42.7 Å². The Morgan fingerprint density at radius 2 is 1.85 bits per heavy atom. The summed E-state index contributed by atoms with van der Waals surface area (Å²) in [6.45, 7) is 5.75. The van der Waals surface area contributed by atoms with Gasteiger partial charge in [-0.15, -0.1) is 11.8 Å². The summed E-state index contributed by atoms with van der Waals surface area (Å²) in [6, 6.07) is 18.4. The van der Waals surface area contributed by atoms with E-state index in [4.69, 9.17) is 0 Å². The Hall–Kier alpha value is -2.27. The van der Waals surface area contributed by atoms with Gasteiger partial charge in [0.25, 0.3) is 0 Å². The van der Waals surface area contributed by atoms with Crippen molar-refractivity contribution < 1.29 is 4.79 Å². The lowest BCUT2D eigenvalue weighted by Crippen LogP contribution is -2.36. The van der Waals surface area contributed by atoms with Crippen LogP contribution < -0.4 is 5.32 Å². The summed E-state index contributed by atoms with van der Waals surface area (Å²) < 4.78 is 2.14. The zero-order chi connectivity index (χ0) is 19.1. The fourth-order valence-corrected chi connectivity index (χ4v) is 4.27. The number of nitrogens with one attached hydrogen (secondary N) is 1. The molecule has 1 heterocycles. The number of para-hydroxylation sites is 2. The maximum atomic E-state index is 12.6. The first kappa shape index (κ1) is 19.5. The topological polar surface area (TPSA) is 46.9 Å². The van der Waals surface area contributed by atoms with E-state index in [0.717, 1.165) is 29.8 Å². The van der Waals surface area contributed by atoms with Gasteiger partial charge < -0.3 is 9.88 Å². The van der Waals surface area contributed by atoms with Crippen molar-refractivity contribution in [2.45, 2.75) is 37.8 Å². The van der Waals surface area contributed by atoms with Crippen LogP contribution in [0.1, 0.15) is 25.8 Å². The van der Waals surface area contributed by atoms with Crippen molar-refractivity contribution in [3.63, 3.8) is 0 Å². The molecular weight excluding hydrogens is 354 g/mol. The molecular formula is C22H27N3OS. The average molecular weight is 382 g/mol. The van der Waals surface area contributed by atoms with Crippen LogP contribution in [0.15, 0.2) is 60.9 Å². The van der Waals surface area contributed by atoms with E-state index in [0.29, 0.717) is 12.5 Å². The highest BCUT2D eigenvalue weighted by Crippen LogP contribution is 2.24. The molecule has 27 heavy (non-hydrogen) atoms. The summed E-state index contributed by atoms with van der Waals surface area (Å²) in [4.78, 5) is 17.0. The van der Waals surface area contributed by atoms with Gasteiger partial charge in [-0.2, -0.15) is 0 Å². The molecule has 5 heteroatoms. The summed E-state index contributed by atoms with van der Waals surface area (Å²) in [7, 11) is 0. The fraction of sp³-hybridized carbons (Fsp3) is 0.364. The number of nitrogens with zero attached hydrogens (tertiary/aromatic N) is 2. The van der Waals surface area contributed by atoms with Gasteiger partial charge in [0.2, 0.25) is 5.91 Å². The highest BCUT2D eigenvalue weighted by Gasteiger charge is 2.22. The van der Waals surface area contributed by atoms with E-state index in [-0.39, 0.29) is 11.2 Å². The summed E-state index contributed by atoms with van der Waals surface area (Å²) in [5.41, 5.74) is 3.41. The number of rotatable bonds is 9. The van der Waals surface area contributed by atoms with Crippen LogP contribution in [-0.4, -0.2) is 27.3 Å². The minimum absolute atomic E-state index is 0.0284. The third kappa shape index (κ3) is 5.36. The summed E-state index contributed by atoms with van der Waals surface area (Å²) >= 11 is 1.72. The Labute approximate surface area is 165 Å². The van der Waals surface area contributed by atoms with E-state index in [1.165, 1.54) is 5.56 Å². The Morgan fingerprint density at radius 1 is 1.11 bits per heavy atom. The van der Waals surface area contributed by atoms with Crippen LogP contribution in [0.5, 0.6) is 0 Å². The molecule has 2 aromatic carbocycles. The van der Waals surface area contributed by atoms with E-state index >= 15 is 0 Å². The number of carbonyl (C=O) groups is 1. The maximum absolute atomic E-state index is 12.6. The molecule has 1 atom stereocenters. The van der Waals surface area contributed by atoms with Crippen LogP contribution >= 0.6 is 11.8 Å². The Morgan fingerprint density at radius 3 is 2.63 bits per heavy atom. The molecule has 3 rings (SSSR count). The maximum Gasteiger partial charge on any atom is 0.233 e. The van der Waals surface area contributed by atoms with Gasteiger partial charge in [0.15, 0.2) is 0 Å². The van der Waals surface area contributed by atoms with Crippen molar-refractivity contribution in [2.24, 2.45) is 5.92 Å². The minimum atomic E-state index is -0.0284. The van der Waals surface area contributed by atoms with E-state index < -0.39 is 0 Å². The van der Waals surface area contributed by atoms with Gasteiger partial charge in [-0.3, -0.25) is 4.79 Å². The summed E-state index contributed by atoms with van der Waals surface area (Å²) in [5.74, 6) is 1.30. The molecule has 0 saturated heterocycles. The molecule has 4 nitrogen and oxygen atoms in total. The average Bonchev–Trinajstić information content (AvgIpc) is 3.09. The molecule has 0 fully saturated rings. The SMILES string of the molecule is CC(C)C(SCc1ccccc1)C(=O)NCCCn1cnc2ccccc21. The Kier molecular flexibility index (Phi) is 6.93. The minimum Gasteiger partial charge on any atom is -0.355 e. The van der Waals surface area contributed by atoms with Gasteiger partial charge in [-0.25, -0.2) is 4.98 Å². The molecule has 0 radical (unpaired) electrons. The second-order valence-electron chi connectivity index (χ2n) is 7.03. The zero-order valence-corrected chi connectivity index (χ0v) is 16.8. The number of hydrogen-bond donors (Lipinski definition) is 1. The van der Waals surface area contributed by atoms with Gasteiger partial charge in [-0.05, 0) is 30.0 Å². The van der Waals surface area contributed by atoms with Crippen LogP contribution in [0.25, 0.3) is 11.0 Å². The van der Waals surface area contributed by atoms with Crippen LogP contribution in [0.4, 0.5) is 0 Å². The normalized spacial score (nSPS) is 12.4. The van der Waals surface area contributed by atoms with Crippen molar-refractivity contribution >= 4 is 28.7 Å². The number of thioether (sulfide) groups is 1. The molecule has 1 unspecified atom stereocenters. The molecule has 1 aromatic heterocycles. The second kappa shape index (κ2) is 9.60. The molecule has 142 valence electrons. The zero-order valence-electron chi connectivity index (χ0n) is 16.0. The van der Waals surface area contributed by atoms with E-state index in [2.05, 4.69) is 46.9 Å². The Bertz CT molecular complexity index is 860. The predicted molar refractivity (Wildman–Crippen MR) is 114 cm³/mol. The highest BCUT2D eigenvalue weighted by atomic mass is 32.2. The number of aryl methyl sites for hydroxylation is 1. The first-order valence-corrected chi connectivity index (χ1v) is 10.5. The third-order valence-corrected chi connectivity index (χ3v) is 6.16. The van der Waals surface area contributed by atoms with Crippen LogP contribution in [0.3, 0.4) is 0 Å². The number of benzene rings is 2. The van der Waals surface area contributed by atoms with Crippen molar-refractivity contribution in [1.29, 1.82) is 0 Å². The van der Waals surface area contributed by atoms with Gasteiger partial charge in [0.05, 0.1) is 22.6 Å². The molecule has 0 bridgehead atoms. The predicted octanol–water partition coefficient (Wildman–Crippen LogP) is 4.50. The van der Waals surface area contributed by atoms with Gasteiger partial charge in [-0.1, -0.05) is 56.3 Å². The third-order valence-electron chi connectivity index (χ3n) is 4.54. The molecule has 0 aliphatic rings. The van der Waals surface area contributed by atoms with E-state index in [1.54, 1.807) is 11.8 Å². The lowest BCUT2D eigenvalue weighted by Gasteiger charge is -2.20. The summed E-state index contributed by atoms with van der Waals surface area (Å²) in [5, 5.41) is 3.09. The molecule has 1 amide bonds. The molecule has 0 saturated carbocycles. The Balaban J connectivity index is 1.46. The number of aromatic nitrogens is 2. The molecule has 0 aliphatic carbocycles. The first-order chi connectivity index (χ1) is 13.1. The molecule has 3 aromatic rings. The molecule has 0 aliphatic heterocycles.